The Balaban J connectivity index is 2.11. The van der Waals surface area contributed by atoms with Crippen LogP contribution in [0, 0.1) is 0 Å². The summed E-state index contributed by atoms with van der Waals surface area (Å²) in [6.07, 6.45) is 1.59. The van der Waals surface area contributed by atoms with Gasteiger partial charge in [0, 0.05) is 28.5 Å². The zero-order chi connectivity index (χ0) is 14.5. The number of nitrogens with two attached hydrogens (primary N) is 1. The Bertz CT molecular complexity index is 626. The van der Waals surface area contributed by atoms with E-state index < -0.39 is 0 Å². The molecule has 0 saturated carbocycles. The maximum absolute atomic E-state index is 8.63. The smallest absolute Gasteiger partial charge is 0.188 e. The third kappa shape index (κ3) is 3.76. The standard InChI is InChI=1S/C13H12Cl2N4O/c14-9-4-10(15)6-11(5-9)18-7-8-1-2-17-12(3-8)13(16)19-20/h1-6,18,20H,7H2,(H2,16,19). The molecule has 0 radical (unpaired) electrons. The molecule has 2 aromatic rings. The predicted molar refractivity (Wildman–Crippen MR) is 80.5 cm³/mol. The Hall–Kier alpha value is -1.98. The lowest BCUT2D eigenvalue weighted by Crippen LogP contribution is -2.15. The summed E-state index contributed by atoms with van der Waals surface area (Å²) in [5.74, 6) is -0.0300. The van der Waals surface area contributed by atoms with Crippen LogP contribution in [0.25, 0.3) is 0 Å². The lowest BCUT2D eigenvalue weighted by atomic mass is 10.2. The molecule has 1 heterocycles. The normalized spacial score (nSPS) is 11.4. The maximum atomic E-state index is 8.63. The molecule has 2 rings (SSSR count). The fourth-order valence-electron chi connectivity index (χ4n) is 1.64. The van der Waals surface area contributed by atoms with E-state index in [4.69, 9.17) is 34.1 Å². The summed E-state index contributed by atoms with van der Waals surface area (Å²) in [6.45, 7) is 0.533. The Morgan fingerprint density at radius 1 is 1.25 bits per heavy atom. The highest BCUT2D eigenvalue weighted by atomic mass is 35.5. The van der Waals surface area contributed by atoms with Crippen LogP contribution in [-0.4, -0.2) is 16.0 Å². The summed E-state index contributed by atoms with van der Waals surface area (Å²) >= 11 is 11.8. The van der Waals surface area contributed by atoms with Crippen molar-refractivity contribution < 1.29 is 5.21 Å². The minimum atomic E-state index is -0.0300. The fourth-order valence-corrected chi connectivity index (χ4v) is 2.16. The lowest BCUT2D eigenvalue weighted by molar-refractivity contribution is 0.318. The number of oxime groups is 1. The fraction of sp³-hybridized carbons (Fsp3) is 0.0769. The van der Waals surface area contributed by atoms with E-state index in [0.717, 1.165) is 11.3 Å². The Labute approximate surface area is 126 Å². The lowest BCUT2D eigenvalue weighted by Gasteiger charge is -2.08. The molecule has 0 unspecified atom stereocenters. The molecule has 7 heteroatoms. The molecule has 0 saturated heterocycles. The second-order valence-electron chi connectivity index (χ2n) is 4.05. The van der Waals surface area contributed by atoms with Gasteiger partial charge in [-0.1, -0.05) is 28.4 Å². The van der Waals surface area contributed by atoms with Gasteiger partial charge in [0.1, 0.15) is 5.69 Å². The van der Waals surface area contributed by atoms with E-state index in [0.29, 0.717) is 22.3 Å². The number of hydrogen-bond donors (Lipinski definition) is 3. The van der Waals surface area contributed by atoms with Crippen molar-refractivity contribution in [1.82, 2.24) is 4.98 Å². The number of hydrogen-bond acceptors (Lipinski definition) is 4. The minimum Gasteiger partial charge on any atom is -0.409 e. The first-order valence-electron chi connectivity index (χ1n) is 5.71. The third-order valence-electron chi connectivity index (χ3n) is 2.55. The molecule has 4 N–H and O–H groups in total. The molecule has 0 aliphatic rings. The SMILES string of the molecule is NC(=NO)c1cc(CNc2cc(Cl)cc(Cl)c2)ccn1. The molecule has 0 fully saturated rings. The van der Waals surface area contributed by atoms with Gasteiger partial charge in [0.2, 0.25) is 0 Å². The number of amidine groups is 1. The van der Waals surface area contributed by atoms with Gasteiger partial charge in [-0.3, -0.25) is 4.98 Å². The number of nitrogens with zero attached hydrogens (tertiary/aromatic N) is 2. The molecule has 0 amide bonds. The van der Waals surface area contributed by atoms with E-state index in [1.165, 1.54) is 0 Å². The molecule has 1 aromatic carbocycles. The van der Waals surface area contributed by atoms with Gasteiger partial charge in [0.05, 0.1) is 0 Å². The number of pyridine rings is 1. The topological polar surface area (TPSA) is 83.5 Å². The van der Waals surface area contributed by atoms with Crippen molar-refractivity contribution in [1.29, 1.82) is 0 Å². The molecule has 0 atom stereocenters. The van der Waals surface area contributed by atoms with Crippen LogP contribution in [0.3, 0.4) is 0 Å². The summed E-state index contributed by atoms with van der Waals surface area (Å²) < 4.78 is 0. The first-order valence-corrected chi connectivity index (χ1v) is 6.47. The zero-order valence-electron chi connectivity index (χ0n) is 10.3. The van der Waals surface area contributed by atoms with Crippen LogP contribution in [-0.2, 0) is 6.54 Å². The van der Waals surface area contributed by atoms with Gasteiger partial charge in [-0.2, -0.15) is 0 Å². The van der Waals surface area contributed by atoms with Crippen LogP contribution in [0.4, 0.5) is 5.69 Å². The first kappa shape index (κ1) is 14.4. The third-order valence-corrected chi connectivity index (χ3v) is 2.99. The van der Waals surface area contributed by atoms with Gasteiger partial charge in [-0.05, 0) is 35.9 Å². The van der Waals surface area contributed by atoms with Crippen molar-refractivity contribution in [2.75, 3.05) is 5.32 Å². The molecule has 0 spiro atoms. The van der Waals surface area contributed by atoms with Crippen molar-refractivity contribution in [2.45, 2.75) is 6.54 Å². The maximum Gasteiger partial charge on any atom is 0.188 e. The molecule has 5 nitrogen and oxygen atoms in total. The molecule has 20 heavy (non-hydrogen) atoms. The first-order chi connectivity index (χ1) is 9.58. The van der Waals surface area contributed by atoms with Crippen molar-refractivity contribution in [3.63, 3.8) is 0 Å². The van der Waals surface area contributed by atoms with Crippen LogP contribution in [0.1, 0.15) is 11.3 Å². The van der Waals surface area contributed by atoms with Crippen LogP contribution in [0.15, 0.2) is 41.7 Å². The van der Waals surface area contributed by atoms with Gasteiger partial charge in [0.15, 0.2) is 5.84 Å². The van der Waals surface area contributed by atoms with E-state index in [1.807, 2.05) is 6.07 Å². The average Bonchev–Trinajstić information content (AvgIpc) is 2.43. The van der Waals surface area contributed by atoms with E-state index >= 15 is 0 Å². The molecular formula is C13H12Cl2N4O. The molecule has 0 bridgehead atoms. The molecule has 1 aromatic heterocycles. The van der Waals surface area contributed by atoms with Crippen LogP contribution in [0.2, 0.25) is 10.0 Å². The van der Waals surface area contributed by atoms with E-state index in [1.54, 1.807) is 30.5 Å². The summed E-state index contributed by atoms with van der Waals surface area (Å²) in [4.78, 5) is 4.01. The summed E-state index contributed by atoms with van der Waals surface area (Å²) in [5.41, 5.74) is 7.64. The Morgan fingerprint density at radius 3 is 2.60 bits per heavy atom. The van der Waals surface area contributed by atoms with Gasteiger partial charge >= 0.3 is 0 Å². The molecule has 0 aliphatic carbocycles. The van der Waals surface area contributed by atoms with Gasteiger partial charge in [-0.15, -0.1) is 0 Å². The zero-order valence-corrected chi connectivity index (χ0v) is 11.9. The Kier molecular flexibility index (Phi) is 4.65. The highest BCUT2D eigenvalue weighted by Gasteiger charge is 2.03. The largest absolute Gasteiger partial charge is 0.409 e. The number of halogens is 2. The van der Waals surface area contributed by atoms with Gasteiger partial charge in [-0.25, -0.2) is 0 Å². The van der Waals surface area contributed by atoms with Crippen molar-refractivity contribution in [3.05, 3.63) is 57.8 Å². The van der Waals surface area contributed by atoms with E-state index in [9.17, 15) is 0 Å². The predicted octanol–water partition coefficient (Wildman–Crippen LogP) is 3.10. The number of aromatic nitrogens is 1. The number of rotatable bonds is 4. The van der Waals surface area contributed by atoms with Crippen molar-refractivity contribution in [3.8, 4) is 0 Å². The van der Waals surface area contributed by atoms with E-state index in [-0.39, 0.29) is 5.84 Å². The van der Waals surface area contributed by atoms with Crippen LogP contribution < -0.4 is 11.1 Å². The average molecular weight is 311 g/mol. The van der Waals surface area contributed by atoms with Crippen LogP contribution in [0.5, 0.6) is 0 Å². The minimum absolute atomic E-state index is 0.0300. The Morgan fingerprint density at radius 2 is 1.95 bits per heavy atom. The highest BCUT2D eigenvalue weighted by molar-refractivity contribution is 6.35. The van der Waals surface area contributed by atoms with Gasteiger partial charge < -0.3 is 16.3 Å². The number of benzene rings is 1. The monoisotopic (exact) mass is 310 g/mol. The second kappa shape index (κ2) is 6.45. The number of nitrogens with one attached hydrogen (secondary N) is 1. The second-order valence-corrected chi connectivity index (χ2v) is 4.92. The summed E-state index contributed by atoms with van der Waals surface area (Å²) in [5, 5.41) is 15.9. The van der Waals surface area contributed by atoms with Crippen molar-refractivity contribution >= 4 is 34.7 Å². The molecule has 104 valence electrons. The quantitative estimate of drug-likeness (QED) is 0.351. The molecular weight excluding hydrogens is 299 g/mol. The summed E-state index contributed by atoms with van der Waals surface area (Å²) in [7, 11) is 0. The number of anilines is 1. The highest BCUT2D eigenvalue weighted by Crippen LogP contribution is 2.22. The summed E-state index contributed by atoms with van der Waals surface area (Å²) in [6, 6.07) is 8.77. The van der Waals surface area contributed by atoms with Crippen LogP contribution >= 0.6 is 23.2 Å². The van der Waals surface area contributed by atoms with Gasteiger partial charge in [0.25, 0.3) is 0 Å². The van der Waals surface area contributed by atoms with Crippen molar-refractivity contribution in [2.24, 2.45) is 10.9 Å². The van der Waals surface area contributed by atoms with E-state index in [2.05, 4.69) is 15.5 Å². The molecule has 0 aliphatic heterocycles.